The lowest BCUT2D eigenvalue weighted by atomic mass is 9.94. The molecule has 0 aliphatic carbocycles. The number of rotatable bonds is 8. The zero-order valence-electron chi connectivity index (χ0n) is 22.7. The number of hydrogen-bond acceptors (Lipinski definition) is 7. The lowest BCUT2D eigenvalue weighted by Gasteiger charge is -2.23. The fraction of sp³-hybridized carbons (Fsp3) is 0.281. The van der Waals surface area contributed by atoms with Gasteiger partial charge >= 0.3 is 5.91 Å². The molecule has 0 unspecified atom stereocenters. The van der Waals surface area contributed by atoms with Crippen LogP contribution in [0.4, 0.5) is 5.13 Å². The molecule has 0 spiro atoms. The Kier molecular flexibility index (Phi) is 7.45. The Bertz CT molecular complexity index is 1700. The quantitative estimate of drug-likeness (QED) is 0.0994. The number of nitrogens with zero attached hydrogens (tertiary/aromatic N) is 2. The predicted molar refractivity (Wildman–Crippen MR) is 161 cm³/mol. The molecule has 1 N–H and O–H groups in total. The molecule has 3 heterocycles. The summed E-state index contributed by atoms with van der Waals surface area (Å²) in [5.74, 6) is -0.383. The van der Waals surface area contributed by atoms with Crippen LogP contribution in [-0.4, -0.2) is 34.5 Å². The molecule has 1 saturated heterocycles. The van der Waals surface area contributed by atoms with Crippen molar-refractivity contribution in [2.45, 2.75) is 51.7 Å². The van der Waals surface area contributed by atoms with Gasteiger partial charge in [0.2, 0.25) is 0 Å². The average Bonchev–Trinajstić information content (AvgIpc) is 3.62. The SMILES string of the molecule is CCCCCOc1cccc([C@H]2/C(=C(\O)c3ccc4c(c3)C[C@H](C)O4)C(=O)C(=O)N2c2nc3ccc(Cl)cc3s2)c1. The van der Waals surface area contributed by atoms with Crippen molar-refractivity contribution in [1.82, 2.24) is 4.98 Å². The van der Waals surface area contributed by atoms with Gasteiger partial charge in [-0.1, -0.05) is 54.8 Å². The number of thiazole rings is 1. The minimum absolute atomic E-state index is 0.00216. The molecule has 1 amide bonds. The van der Waals surface area contributed by atoms with Crippen molar-refractivity contribution in [2.24, 2.45) is 0 Å². The Morgan fingerprint density at radius 2 is 2.00 bits per heavy atom. The summed E-state index contributed by atoms with van der Waals surface area (Å²) in [6.45, 7) is 4.67. The zero-order valence-corrected chi connectivity index (χ0v) is 24.3. The first kappa shape index (κ1) is 27.3. The number of unbranched alkanes of at least 4 members (excludes halogenated alkanes) is 2. The molecule has 0 saturated carbocycles. The summed E-state index contributed by atoms with van der Waals surface area (Å²) in [7, 11) is 0. The molecule has 210 valence electrons. The number of carbonyl (C=O) groups is 2. The van der Waals surface area contributed by atoms with Crippen LogP contribution < -0.4 is 14.4 Å². The molecule has 41 heavy (non-hydrogen) atoms. The summed E-state index contributed by atoms with van der Waals surface area (Å²) in [5, 5.41) is 12.5. The number of carbonyl (C=O) groups excluding carboxylic acids is 2. The second-order valence-corrected chi connectivity index (χ2v) is 11.8. The lowest BCUT2D eigenvalue weighted by molar-refractivity contribution is -0.132. The monoisotopic (exact) mass is 588 g/mol. The molecule has 1 fully saturated rings. The first-order valence-corrected chi connectivity index (χ1v) is 14.9. The van der Waals surface area contributed by atoms with Crippen LogP contribution in [0, 0.1) is 0 Å². The van der Waals surface area contributed by atoms with Crippen molar-refractivity contribution in [1.29, 1.82) is 0 Å². The molecular weight excluding hydrogens is 560 g/mol. The van der Waals surface area contributed by atoms with E-state index in [0.717, 1.165) is 35.3 Å². The van der Waals surface area contributed by atoms with Crippen molar-refractivity contribution in [2.75, 3.05) is 11.5 Å². The van der Waals surface area contributed by atoms with Crippen molar-refractivity contribution in [3.63, 3.8) is 0 Å². The van der Waals surface area contributed by atoms with Gasteiger partial charge in [-0.3, -0.25) is 14.5 Å². The van der Waals surface area contributed by atoms with Gasteiger partial charge in [-0.2, -0.15) is 0 Å². The Balaban J connectivity index is 1.47. The molecule has 4 aromatic rings. The van der Waals surface area contributed by atoms with Gasteiger partial charge in [0.15, 0.2) is 5.13 Å². The van der Waals surface area contributed by atoms with Crippen LogP contribution in [0.1, 0.15) is 55.8 Å². The molecule has 2 aliphatic rings. The average molecular weight is 589 g/mol. The normalized spacial score (nSPS) is 19.5. The number of amides is 1. The van der Waals surface area contributed by atoms with E-state index in [1.54, 1.807) is 30.3 Å². The summed E-state index contributed by atoms with van der Waals surface area (Å²) in [6, 6.07) is 17.0. The van der Waals surface area contributed by atoms with Crippen LogP contribution in [-0.2, 0) is 16.0 Å². The van der Waals surface area contributed by atoms with E-state index in [4.69, 9.17) is 21.1 Å². The summed E-state index contributed by atoms with van der Waals surface area (Å²) < 4.78 is 12.6. The van der Waals surface area contributed by atoms with Gasteiger partial charge in [-0.25, -0.2) is 4.98 Å². The van der Waals surface area contributed by atoms with Gasteiger partial charge in [-0.05, 0) is 73.0 Å². The Morgan fingerprint density at radius 1 is 1.15 bits per heavy atom. The third-order valence-corrected chi connectivity index (χ3v) is 8.60. The second-order valence-electron chi connectivity index (χ2n) is 10.4. The summed E-state index contributed by atoms with van der Waals surface area (Å²) in [5.41, 5.74) is 2.69. The number of hydrogen-bond donors (Lipinski definition) is 1. The second kappa shape index (κ2) is 11.2. The van der Waals surface area contributed by atoms with Gasteiger partial charge in [-0.15, -0.1) is 0 Å². The van der Waals surface area contributed by atoms with E-state index < -0.39 is 17.7 Å². The predicted octanol–water partition coefficient (Wildman–Crippen LogP) is 7.47. The summed E-state index contributed by atoms with van der Waals surface area (Å²) in [4.78, 5) is 33.4. The molecule has 7 nitrogen and oxygen atoms in total. The van der Waals surface area contributed by atoms with E-state index in [9.17, 15) is 14.7 Å². The van der Waals surface area contributed by atoms with E-state index in [0.29, 0.717) is 45.6 Å². The van der Waals surface area contributed by atoms with Gasteiger partial charge in [0.1, 0.15) is 23.4 Å². The third kappa shape index (κ3) is 5.18. The molecule has 0 radical (unpaired) electrons. The highest BCUT2D eigenvalue weighted by molar-refractivity contribution is 7.22. The number of fused-ring (bicyclic) bond motifs is 2. The van der Waals surface area contributed by atoms with Crippen LogP contribution in [0.5, 0.6) is 11.5 Å². The van der Waals surface area contributed by atoms with Gasteiger partial charge in [0, 0.05) is 17.0 Å². The molecule has 3 aromatic carbocycles. The highest BCUT2D eigenvalue weighted by atomic mass is 35.5. The topological polar surface area (TPSA) is 89.0 Å². The number of aromatic nitrogens is 1. The maximum atomic E-state index is 13.7. The number of aliphatic hydroxyl groups excluding tert-OH is 1. The maximum absolute atomic E-state index is 13.7. The number of ketones is 1. The van der Waals surface area contributed by atoms with Crippen molar-refractivity contribution in [3.8, 4) is 11.5 Å². The number of anilines is 1. The smallest absolute Gasteiger partial charge is 0.301 e. The zero-order chi connectivity index (χ0) is 28.7. The van der Waals surface area contributed by atoms with Crippen molar-refractivity contribution < 1.29 is 24.2 Å². The van der Waals surface area contributed by atoms with E-state index in [1.807, 2.05) is 37.3 Å². The number of ether oxygens (including phenoxy) is 2. The van der Waals surface area contributed by atoms with E-state index >= 15 is 0 Å². The molecule has 6 rings (SSSR count). The van der Waals surface area contributed by atoms with Crippen LogP contribution in [0.2, 0.25) is 5.02 Å². The van der Waals surface area contributed by atoms with E-state index in [2.05, 4.69) is 11.9 Å². The Labute approximate surface area is 247 Å². The fourth-order valence-electron chi connectivity index (χ4n) is 5.38. The fourth-order valence-corrected chi connectivity index (χ4v) is 6.64. The van der Waals surface area contributed by atoms with Gasteiger partial charge < -0.3 is 14.6 Å². The Morgan fingerprint density at radius 3 is 2.83 bits per heavy atom. The molecule has 1 aromatic heterocycles. The van der Waals surface area contributed by atoms with Crippen LogP contribution in [0.3, 0.4) is 0 Å². The highest BCUT2D eigenvalue weighted by Crippen LogP contribution is 2.45. The molecule has 9 heteroatoms. The maximum Gasteiger partial charge on any atom is 0.301 e. The van der Waals surface area contributed by atoms with E-state index in [1.165, 1.54) is 16.2 Å². The van der Waals surface area contributed by atoms with Gasteiger partial charge in [0.25, 0.3) is 5.78 Å². The largest absolute Gasteiger partial charge is 0.507 e. The lowest BCUT2D eigenvalue weighted by Crippen LogP contribution is -2.29. The number of benzene rings is 3. The summed E-state index contributed by atoms with van der Waals surface area (Å²) >= 11 is 7.47. The number of Topliss-reactive ketones (excluding diaryl/α,β-unsaturated/α-hetero) is 1. The van der Waals surface area contributed by atoms with E-state index in [-0.39, 0.29) is 17.4 Å². The first-order chi connectivity index (χ1) is 19.8. The standard InChI is InChI=1S/C32H29ClN2O5S/c1-3-4-5-13-39-23-8-6-7-19(16-23)28-27(29(36)20-9-12-25-21(15-20)14-18(2)40-25)30(37)31(38)35(28)32-34-24-11-10-22(33)17-26(24)41-32/h6-12,15-18,28,36H,3-5,13-14H2,1-2H3/b29-27+/t18-,28-/m0/s1. The first-order valence-electron chi connectivity index (χ1n) is 13.7. The molecule has 0 bridgehead atoms. The van der Waals surface area contributed by atoms with Crippen LogP contribution in [0.25, 0.3) is 16.0 Å². The van der Waals surface area contributed by atoms with Crippen LogP contribution in [0.15, 0.2) is 66.2 Å². The van der Waals surface area contributed by atoms with Crippen molar-refractivity contribution in [3.05, 3.63) is 87.9 Å². The minimum atomic E-state index is -0.909. The highest BCUT2D eigenvalue weighted by Gasteiger charge is 2.48. The molecule has 2 aliphatic heterocycles. The number of halogens is 1. The van der Waals surface area contributed by atoms with Crippen LogP contribution >= 0.6 is 22.9 Å². The third-order valence-electron chi connectivity index (χ3n) is 7.35. The minimum Gasteiger partial charge on any atom is -0.507 e. The molecule has 2 atom stereocenters. The van der Waals surface area contributed by atoms with Crippen molar-refractivity contribution >= 4 is 55.7 Å². The van der Waals surface area contributed by atoms with Gasteiger partial charge in [0.05, 0.1) is 28.4 Å². The summed E-state index contributed by atoms with van der Waals surface area (Å²) in [6.07, 6.45) is 3.79. The number of aliphatic hydroxyl groups is 1. The Hall–Kier alpha value is -3.88. The molecular formula is C32H29ClN2O5S.